The van der Waals surface area contributed by atoms with Gasteiger partial charge < -0.3 is 10.3 Å². The van der Waals surface area contributed by atoms with Gasteiger partial charge >= 0.3 is 0 Å². The van der Waals surface area contributed by atoms with Crippen LogP contribution < -0.4 is 0 Å². The van der Waals surface area contributed by atoms with Crippen LogP contribution >= 0.6 is 0 Å². The van der Waals surface area contributed by atoms with Gasteiger partial charge in [-0.25, -0.2) is 0 Å². The first-order chi connectivity index (χ1) is 7.60. The van der Waals surface area contributed by atoms with E-state index in [4.69, 9.17) is 5.41 Å². The Morgan fingerprint density at radius 2 is 1.88 bits per heavy atom. The molecule has 0 aromatic heterocycles. The SMILES string of the molecule is CC/C=C\C=C(/CC)CCC(=N)CN(C)C. The minimum absolute atomic E-state index is 0.780. The molecular formula is C14H26N2. The molecule has 0 aliphatic heterocycles. The number of nitrogens with zero attached hydrogens (tertiary/aromatic N) is 1. The average molecular weight is 222 g/mol. The van der Waals surface area contributed by atoms with Crippen molar-refractivity contribution >= 4 is 5.71 Å². The van der Waals surface area contributed by atoms with Crippen LogP contribution in [0.2, 0.25) is 0 Å². The normalized spacial score (nSPS) is 12.7. The molecule has 0 atom stereocenters. The fourth-order valence-corrected chi connectivity index (χ4v) is 1.49. The van der Waals surface area contributed by atoms with Crippen molar-refractivity contribution in [1.82, 2.24) is 4.90 Å². The highest BCUT2D eigenvalue weighted by Gasteiger charge is 2.00. The van der Waals surface area contributed by atoms with Crippen LogP contribution in [0.15, 0.2) is 23.8 Å². The lowest BCUT2D eigenvalue weighted by atomic mass is 10.0. The van der Waals surface area contributed by atoms with Gasteiger partial charge in [0.15, 0.2) is 0 Å². The molecule has 0 heterocycles. The Balaban J connectivity index is 4.00. The monoisotopic (exact) mass is 222 g/mol. The van der Waals surface area contributed by atoms with Gasteiger partial charge in [0.2, 0.25) is 0 Å². The molecule has 0 aromatic rings. The van der Waals surface area contributed by atoms with E-state index in [1.807, 2.05) is 14.1 Å². The lowest BCUT2D eigenvalue weighted by Crippen LogP contribution is -2.20. The maximum atomic E-state index is 7.81. The van der Waals surface area contributed by atoms with Crippen LogP contribution in [-0.4, -0.2) is 31.3 Å². The number of allylic oxidation sites excluding steroid dienone is 4. The Bertz CT molecular complexity index is 249. The fourth-order valence-electron chi connectivity index (χ4n) is 1.49. The number of rotatable bonds is 8. The van der Waals surface area contributed by atoms with E-state index < -0.39 is 0 Å². The Morgan fingerprint density at radius 3 is 2.38 bits per heavy atom. The van der Waals surface area contributed by atoms with Crippen molar-refractivity contribution in [3.8, 4) is 0 Å². The summed E-state index contributed by atoms with van der Waals surface area (Å²) in [7, 11) is 4.02. The highest BCUT2D eigenvalue weighted by atomic mass is 15.1. The Morgan fingerprint density at radius 1 is 1.19 bits per heavy atom. The second kappa shape index (κ2) is 9.34. The molecule has 92 valence electrons. The molecule has 0 saturated carbocycles. The molecule has 0 aliphatic rings. The minimum Gasteiger partial charge on any atom is -0.308 e. The van der Waals surface area contributed by atoms with E-state index in [1.165, 1.54) is 5.57 Å². The first-order valence-corrected chi connectivity index (χ1v) is 6.15. The molecule has 2 heteroatoms. The molecule has 2 nitrogen and oxygen atoms in total. The largest absolute Gasteiger partial charge is 0.308 e. The third-order valence-electron chi connectivity index (χ3n) is 2.41. The van der Waals surface area contributed by atoms with Crippen molar-refractivity contribution in [2.45, 2.75) is 39.5 Å². The minimum atomic E-state index is 0.780. The maximum absolute atomic E-state index is 7.81. The van der Waals surface area contributed by atoms with Gasteiger partial charge in [-0.1, -0.05) is 37.6 Å². The predicted octanol–water partition coefficient (Wildman–Crippen LogP) is 3.65. The zero-order chi connectivity index (χ0) is 12.4. The quantitative estimate of drug-likeness (QED) is 0.492. The predicted molar refractivity (Wildman–Crippen MR) is 73.3 cm³/mol. The maximum Gasteiger partial charge on any atom is 0.0354 e. The molecule has 16 heavy (non-hydrogen) atoms. The highest BCUT2D eigenvalue weighted by Crippen LogP contribution is 2.10. The first-order valence-electron chi connectivity index (χ1n) is 6.15. The van der Waals surface area contributed by atoms with Gasteiger partial charge in [0.05, 0.1) is 0 Å². The number of nitrogens with one attached hydrogen (secondary N) is 1. The van der Waals surface area contributed by atoms with E-state index in [0.29, 0.717) is 0 Å². The third-order valence-corrected chi connectivity index (χ3v) is 2.41. The summed E-state index contributed by atoms with van der Waals surface area (Å²) in [5.41, 5.74) is 2.26. The Labute approximate surface area is 101 Å². The molecule has 0 bridgehead atoms. The van der Waals surface area contributed by atoms with Crippen molar-refractivity contribution < 1.29 is 0 Å². The topological polar surface area (TPSA) is 27.1 Å². The highest BCUT2D eigenvalue weighted by molar-refractivity contribution is 5.83. The van der Waals surface area contributed by atoms with Crippen LogP contribution in [0.3, 0.4) is 0 Å². The average Bonchev–Trinajstić information content (AvgIpc) is 2.22. The van der Waals surface area contributed by atoms with Gasteiger partial charge in [0.1, 0.15) is 0 Å². The smallest absolute Gasteiger partial charge is 0.0354 e. The van der Waals surface area contributed by atoms with Gasteiger partial charge in [-0.2, -0.15) is 0 Å². The van der Waals surface area contributed by atoms with Crippen molar-refractivity contribution in [3.05, 3.63) is 23.8 Å². The van der Waals surface area contributed by atoms with Crippen molar-refractivity contribution in [1.29, 1.82) is 5.41 Å². The fraction of sp³-hybridized carbons (Fsp3) is 0.643. The third kappa shape index (κ3) is 8.42. The van der Waals surface area contributed by atoms with Crippen LogP contribution in [0.4, 0.5) is 0 Å². The van der Waals surface area contributed by atoms with E-state index in [1.54, 1.807) is 0 Å². The number of hydrogen-bond donors (Lipinski definition) is 1. The Kier molecular flexibility index (Phi) is 8.82. The number of hydrogen-bond acceptors (Lipinski definition) is 2. The van der Waals surface area contributed by atoms with E-state index in [2.05, 4.69) is 37.0 Å². The van der Waals surface area contributed by atoms with Gasteiger partial charge in [-0.15, -0.1) is 0 Å². The second-order valence-corrected chi connectivity index (χ2v) is 4.36. The van der Waals surface area contributed by atoms with Crippen LogP contribution in [0.1, 0.15) is 39.5 Å². The van der Waals surface area contributed by atoms with Gasteiger partial charge in [-0.3, -0.25) is 0 Å². The summed E-state index contributed by atoms with van der Waals surface area (Å²) in [5, 5.41) is 7.81. The summed E-state index contributed by atoms with van der Waals surface area (Å²) in [6, 6.07) is 0. The standard InChI is InChI=1S/C14H26N2/c1-5-7-8-9-13(6-2)10-11-14(15)12-16(3)4/h7-9,15H,5-6,10-12H2,1-4H3/b8-7-,13-9+,15-14?. The summed E-state index contributed by atoms with van der Waals surface area (Å²) in [5.74, 6) is 0. The van der Waals surface area contributed by atoms with E-state index >= 15 is 0 Å². The van der Waals surface area contributed by atoms with E-state index in [9.17, 15) is 0 Å². The van der Waals surface area contributed by atoms with Crippen molar-refractivity contribution in [3.63, 3.8) is 0 Å². The van der Waals surface area contributed by atoms with Crippen molar-refractivity contribution in [2.75, 3.05) is 20.6 Å². The van der Waals surface area contributed by atoms with Crippen LogP contribution in [0.5, 0.6) is 0 Å². The summed E-state index contributed by atoms with van der Waals surface area (Å²) < 4.78 is 0. The van der Waals surface area contributed by atoms with E-state index in [-0.39, 0.29) is 0 Å². The molecule has 0 rings (SSSR count). The van der Waals surface area contributed by atoms with Crippen LogP contribution in [0, 0.1) is 5.41 Å². The molecule has 0 aromatic carbocycles. The molecule has 0 aliphatic carbocycles. The summed E-state index contributed by atoms with van der Waals surface area (Å²) in [6.45, 7) is 5.10. The zero-order valence-corrected chi connectivity index (χ0v) is 11.2. The van der Waals surface area contributed by atoms with Crippen LogP contribution in [-0.2, 0) is 0 Å². The summed E-state index contributed by atoms with van der Waals surface area (Å²) >= 11 is 0. The van der Waals surface area contributed by atoms with E-state index in [0.717, 1.165) is 37.9 Å². The lowest BCUT2D eigenvalue weighted by molar-refractivity contribution is 0.465. The molecule has 0 saturated heterocycles. The molecule has 1 N–H and O–H groups in total. The van der Waals surface area contributed by atoms with Gasteiger partial charge in [-0.05, 0) is 39.8 Å². The molecular weight excluding hydrogens is 196 g/mol. The first kappa shape index (κ1) is 15.1. The second-order valence-electron chi connectivity index (χ2n) is 4.36. The van der Waals surface area contributed by atoms with Crippen molar-refractivity contribution in [2.24, 2.45) is 0 Å². The molecule has 0 amide bonds. The Hall–Kier alpha value is -0.890. The molecule has 0 fully saturated rings. The van der Waals surface area contributed by atoms with Crippen LogP contribution in [0.25, 0.3) is 0 Å². The summed E-state index contributed by atoms with van der Waals surface area (Å²) in [6.07, 6.45) is 10.6. The molecule has 0 spiro atoms. The zero-order valence-electron chi connectivity index (χ0n) is 11.2. The summed E-state index contributed by atoms with van der Waals surface area (Å²) in [4.78, 5) is 2.05. The molecule has 0 radical (unpaired) electrons. The van der Waals surface area contributed by atoms with Gasteiger partial charge in [0.25, 0.3) is 0 Å². The lowest BCUT2D eigenvalue weighted by Gasteiger charge is -2.11. The van der Waals surface area contributed by atoms with Gasteiger partial charge in [0, 0.05) is 12.3 Å². The molecule has 0 unspecified atom stereocenters.